The Labute approximate surface area is 202 Å². The number of benzene rings is 3. The molecule has 0 bridgehead atoms. The fourth-order valence-electron chi connectivity index (χ4n) is 2.73. The highest BCUT2D eigenvalue weighted by Gasteiger charge is 2.12. The number of amides is 1. The monoisotopic (exact) mass is 558 g/mol. The zero-order chi connectivity index (χ0) is 22.4. The lowest BCUT2D eigenvalue weighted by Crippen LogP contribution is -2.14. The predicted octanol–water partition coefficient (Wildman–Crippen LogP) is 7.30. The third-order valence-electron chi connectivity index (χ3n) is 4.42. The number of carbonyl (C=O) groups excluding carboxylic acids is 1. The van der Waals surface area contributed by atoms with Crippen LogP contribution in [0.2, 0.25) is 5.02 Å². The molecule has 1 amide bonds. The highest BCUT2D eigenvalue weighted by atomic mass is 79.9. The fraction of sp³-hybridized carbons (Fsp3) is 0.0833. The number of nitrogens with zero attached hydrogens (tertiary/aromatic N) is 1. The average Bonchev–Trinajstić information content (AvgIpc) is 2.75. The molecular formula is C24H17Br2ClN2O2. The molecule has 0 saturated heterocycles. The van der Waals surface area contributed by atoms with E-state index in [1.54, 1.807) is 36.4 Å². The van der Waals surface area contributed by atoms with Crippen molar-refractivity contribution >= 4 is 61.1 Å². The van der Waals surface area contributed by atoms with Crippen molar-refractivity contribution < 1.29 is 9.53 Å². The summed E-state index contributed by atoms with van der Waals surface area (Å²) in [5.41, 5.74) is 3.11. The molecule has 0 fully saturated rings. The van der Waals surface area contributed by atoms with Gasteiger partial charge in [-0.15, -0.1) is 0 Å². The van der Waals surface area contributed by atoms with Crippen LogP contribution in [0.3, 0.4) is 0 Å². The van der Waals surface area contributed by atoms with Crippen molar-refractivity contribution in [2.45, 2.75) is 13.5 Å². The van der Waals surface area contributed by atoms with Crippen LogP contribution >= 0.6 is 43.5 Å². The number of nitriles is 1. The molecule has 0 aromatic heterocycles. The van der Waals surface area contributed by atoms with Gasteiger partial charge in [0, 0.05) is 20.7 Å². The molecule has 3 aromatic carbocycles. The van der Waals surface area contributed by atoms with Crippen molar-refractivity contribution in [3.63, 3.8) is 0 Å². The van der Waals surface area contributed by atoms with Crippen molar-refractivity contribution in [3.05, 3.63) is 96.9 Å². The van der Waals surface area contributed by atoms with E-state index >= 15 is 0 Å². The first kappa shape index (κ1) is 23.1. The van der Waals surface area contributed by atoms with Gasteiger partial charge >= 0.3 is 0 Å². The van der Waals surface area contributed by atoms with Crippen LogP contribution in [0.25, 0.3) is 6.08 Å². The molecule has 0 unspecified atom stereocenters. The molecule has 0 saturated carbocycles. The molecule has 4 nitrogen and oxygen atoms in total. The fourth-order valence-corrected chi connectivity index (χ4v) is 3.81. The van der Waals surface area contributed by atoms with E-state index in [-0.39, 0.29) is 5.57 Å². The summed E-state index contributed by atoms with van der Waals surface area (Å²) in [6.07, 6.45) is 1.53. The average molecular weight is 561 g/mol. The molecule has 1 N–H and O–H groups in total. The van der Waals surface area contributed by atoms with E-state index in [1.165, 1.54) is 6.08 Å². The van der Waals surface area contributed by atoms with Crippen LogP contribution in [0.5, 0.6) is 5.75 Å². The van der Waals surface area contributed by atoms with Gasteiger partial charge in [0.25, 0.3) is 5.91 Å². The molecule has 0 aliphatic heterocycles. The van der Waals surface area contributed by atoms with Crippen LogP contribution in [0.15, 0.2) is 75.2 Å². The van der Waals surface area contributed by atoms with Crippen LogP contribution in [0.1, 0.15) is 16.7 Å². The molecule has 0 atom stereocenters. The van der Waals surface area contributed by atoms with E-state index in [2.05, 4.69) is 37.2 Å². The Balaban J connectivity index is 1.74. The summed E-state index contributed by atoms with van der Waals surface area (Å²) < 4.78 is 7.58. The highest BCUT2D eigenvalue weighted by molar-refractivity contribution is 9.10. The van der Waals surface area contributed by atoms with Gasteiger partial charge in [-0.05, 0) is 70.4 Å². The molecule has 0 aliphatic carbocycles. The zero-order valence-corrected chi connectivity index (χ0v) is 20.4. The van der Waals surface area contributed by atoms with Crippen LogP contribution in [-0.2, 0) is 11.4 Å². The SMILES string of the molecule is Cc1ccc(Cl)cc1NC(=O)/C(C#N)=C/c1ccc(OCc2ccccc2Br)c(Br)c1. The number of hydrogen-bond acceptors (Lipinski definition) is 3. The largest absolute Gasteiger partial charge is 0.488 e. The zero-order valence-electron chi connectivity index (χ0n) is 16.5. The van der Waals surface area contributed by atoms with Gasteiger partial charge in [0.2, 0.25) is 0 Å². The second kappa shape index (κ2) is 10.6. The van der Waals surface area contributed by atoms with Gasteiger partial charge < -0.3 is 10.1 Å². The van der Waals surface area contributed by atoms with Gasteiger partial charge in [0.1, 0.15) is 24.0 Å². The lowest BCUT2D eigenvalue weighted by Gasteiger charge is -2.10. The van der Waals surface area contributed by atoms with Gasteiger partial charge in [-0.2, -0.15) is 5.26 Å². The maximum atomic E-state index is 12.6. The van der Waals surface area contributed by atoms with Crippen molar-refractivity contribution in [3.8, 4) is 11.8 Å². The standard InChI is InChI=1S/C24H17Br2ClN2O2/c1-15-6-8-19(27)12-22(15)29-24(30)18(13-28)10-16-7-9-23(21(26)11-16)31-14-17-4-2-3-5-20(17)25/h2-12H,14H2,1H3,(H,29,30)/b18-10+. The lowest BCUT2D eigenvalue weighted by molar-refractivity contribution is -0.112. The maximum absolute atomic E-state index is 12.6. The second-order valence-electron chi connectivity index (χ2n) is 6.65. The topological polar surface area (TPSA) is 62.1 Å². The number of aryl methyl sites for hydroxylation is 1. The molecule has 0 aliphatic rings. The van der Waals surface area contributed by atoms with Crippen molar-refractivity contribution in [1.29, 1.82) is 5.26 Å². The minimum Gasteiger partial charge on any atom is -0.488 e. The summed E-state index contributed by atoms with van der Waals surface area (Å²) in [5, 5.41) is 12.7. The number of rotatable bonds is 6. The summed E-state index contributed by atoms with van der Waals surface area (Å²) in [6.45, 7) is 2.26. The maximum Gasteiger partial charge on any atom is 0.266 e. The summed E-state index contributed by atoms with van der Waals surface area (Å²) in [4.78, 5) is 12.6. The van der Waals surface area contributed by atoms with Crippen LogP contribution in [-0.4, -0.2) is 5.91 Å². The third kappa shape index (κ3) is 6.20. The first-order valence-electron chi connectivity index (χ1n) is 9.22. The number of halogens is 3. The number of hydrogen-bond donors (Lipinski definition) is 1. The van der Waals surface area contributed by atoms with Crippen LogP contribution < -0.4 is 10.1 Å². The van der Waals surface area contributed by atoms with E-state index < -0.39 is 5.91 Å². The summed E-state index contributed by atoms with van der Waals surface area (Å²) in [6, 6.07) is 20.4. The Hall–Kier alpha value is -2.59. The van der Waals surface area contributed by atoms with E-state index in [0.29, 0.717) is 28.6 Å². The van der Waals surface area contributed by atoms with Gasteiger partial charge in [-0.1, -0.05) is 57.9 Å². The van der Waals surface area contributed by atoms with E-state index in [4.69, 9.17) is 16.3 Å². The molecule has 156 valence electrons. The van der Waals surface area contributed by atoms with Crippen molar-refractivity contribution in [2.24, 2.45) is 0 Å². The molecule has 3 aromatic rings. The minimum atomic E-state index is -0.502. The Kier molecular flexibility index (Phi) is 7.91. The molecule has 31 heavy (non-hydrogen) atoms. The van der Waals surface area contributed by atoms with E-state index in [1.807, 2.05) is 37.3 Å². The number of anilines is 1. The Morgan fingerprint density at radius 1 is 1.13 bits per heavy atom. The van der Waals surface area contributed by atoms with Crippen LogP contribution in [0, 0.1) is 18.3 Å². The molecule has 3 rings (SSSR count). The van der Waals surface area contributed by atoms with Gasteiger partial charge in [-0.25, -0.2) is 0 Å². The summed E-state index contributed by atoms with van der Waals surface area (Å²) in [5.74, 6) is 0.156. The normalized spacial score (nSPS) is 11.0. The summed E-state index contributed by atoms with van der Waals surface area (Å²) >= 11 is 13.0. The highest BCUT2D eigenvalue weighted by Crippen LogP contribution is 2.29. The van der Waals surface area contributed by atoms with Crippen molar-refractivity contribution in [1.82, 2.24) is 0 Å². The predicted molar refractivity (Wildman–Crippen MR) is 131 cm³/mol. The molecule has 0 heterocycles. The van der Waals surface area contributed by atoms with Gasteiger partial charge in [0.15, 0.2) is 0 Å². The lowest BCUT2D eigenvalue weighted by atomic mass is 10.1. The summed E-state index contributed by atoms with van der Waals surface area (Å²) in [7, 11) is 0. The minimum absolute atomic E-state index is 0.0202. The third-order valence-corrected chi connectivity index (χ3v) is 6.05. The first-order chi connectivity index (χ1) is 14.9. The van der Waals surface area contributed by atoms with E-state index in [9.17, 15) is 10.1 Å². The Morgan fingerprint density at radius 2 is 1.90 bits per heavy atom. The molecular weight excluding hydrogens is 544 g/mol. The Bertz CT molecular complexity index is 1200. The first-order valence-corrected chi connectivity index (χ1v) is 11.2. The van der Waals surface area contributed by atoms with Crippen molar-refractivity contribution in [2.75, 3.05) is 5.32 Å². The number of nitrogens with one attached hydrogen (secondary N) is 1. The van der Waals surface area contributed by atoms with Gasteiger partial charge in [0.05, 0.1) is 4.47 Å². The quantitative estimate of drug-likeness (QED) is 0.254. The second-order valence-corrected chi connectivity index (χ2v) is 8.80. The number of ether oxygens (including phenoxy) is 1. The number of carbonyl (C=O) groups is 1. The molecule has 7 heteroatoms. The smallest absolute Gasteiger partial charge is 0.266 e. The molecule has 0 spiro atoms. The van der Waals surface area contributed by atoms with E-state index in [0.717, 1.165) is 20.1 Å². The molecule has 0 radical (unpaired) electrons. The Morgan fingerprint density at radius 3 is 2.61 bits per heavy atom. The van der Waals surface area contributed by atoms with Gasteiger partial charge in [-0.3, -0.25) is 4.79 Å². The van der Waals surface area contributed by atoms with Crippen LogP contribution in [0.4, 0.5) is 5.69 Å².